The minimum Gasteiger partial charge on any atom is -0.497 e. The SMILES string of the molecule is COc1ccc(-c2ccc(OCc3c(C)cccc3-n3nnn(C)c3=O)cc2C(F)(F)F)cc1. The highest BCUT2D eigenvalue weighted by atomic mass is 19.4. The standard InChI is InChI=1S/C24H21F3N4O3/c1-15-5-4-6-22(31-23(32)30(2)28-29-31)20(15)14-34-18-11-12-19(21(13-18)24(25,26)27)16-7-9-17(33-3)10-8-16/h4-13H,14H2,1-3H3. The Bertz CT molecular complexity index is 1380. The van der Waals surface area contributed by atoms with Gasteiger partial charge >= 0.3 is 11.9 Å². The van der Waals surface area contributed by atoms with Gasteiger partial charge in [0.1, 0.15) is 18.1 Å². The number of rotatable bonds is 6. The molecule has 10 heteroatoms. The highest BCUT2D eigenvalue weighted by Gasteiger charge is 2.34. The zero-order valence-electron chi connectivity index (χ0n) is 18.6. The molecule has 0 unspecified atom stereocenters. The number of aryl methyl sites for hydroxylation is 2. The summed E-state index contributed by atoms with van der Waals surface area (Å²) in [5, 5.41) is 7.56. The average molecular weight is 470 g/mol. The molecule has 0 saturated heterocycles. The molecule has 0 amide bonds. The van der Waals surface area contributed by atoms with Gasteiger partial charge in [-0.25, -0.2) is 4.79 Å². The largest absolute Gasteiger partial charge is 0.497 e. The maximum absolute atomic E-state index is 13.9. The molecule has 0 N–H and O–H groups in total. The van der Waals surface area contributed by atoms with Crippen molar-refractivity contribution in [2.24, 2.45) is 7.05 Å². The van der Waals surface area contributed by atoms with Gasteiger partial charge in [0.2, 0.25) is 0 Å². The van der Waals surface area contributed by atoms with E-state index in [9.17, 15) is 18.0 Å². The van der Waals surface area contributed by atoms with Crippen molar-refractivity contribution in [3.05, 3.63) is 87.8 Å². The fraction of sp³-hybridized carbons (Fsp3) is 0.208. The molecule has 0 spiro atoms. The first-order chi connectivity index (χ1) is 16.2. The van der Waals surface area contributed by atoms with Crippen molar-refractivity contribution < 1.29 is 22.6 Å². The molecule has 0 aliphatic carbocycles. The highest BCUT2D eigenvalue weighted by Crippen LogP contribution is 2.39. The fourth-order valence-corrected chi connectivity index (χ4v) is 3.56. The Morgan fingerprint density at radius 1 is 0.971 bits per heavy atom. The average Bonchev–Trinajstić information content (AvgIpc) is 3.15. The third kappa shape index (κ3) is 4.52. The first-order valence-corrected chi connectivity index (χ1v) is 10.3. The molecule has 3 aromatic carbocycles. The van der Waals surface area contributed by atoms with Gasteiger partial charge in [-0.05, 0) is 64.4 Å². The van der Waals surface area contributed by atoms with Gasteiger partial charge in [-0.15, -0.1) is 0 Å². The third-order valence-electron chi connectivity index (χ3n) is 5.42. The summed E-state index contributed by atoms with van der Waals surface area (Å²) in [6.45, 7) is 1.75. The molecular formula is C24H21F3N4O3. The van der Waals surface area contributed by atoms with E-state index < -0.39 is 17.4 Å². The third-order valence-corrected chi connectivity index (χ3v) is 5.42. The van der Waals surface area contributed by atoms with Crippen LogP contribution in [0.2, 0.25) is 0 Å². The Morgan fingerprint density at radius 3 is 2.29 bits per heavy atom. The van der Waals surface area contributed by atoms with E-state index in [0.29, 0.717) is 22.6 Å². The number of alkyl halides is 3. The van der Waals surface area contributed by atoms with E-state index in [2.05, 4.69) is 10.4 Å². The highest BCUT2D eigenvalue weighted by molar-refractivity contribution is 5.69. The Balaban J connectivity index is 1.67. The van der Waals surface area contributed by atoms with Gasteiger partial charge in [0.25, 0.3) is 0 Å². The van der Waals surface area contributed by atoms with E-state index in [4.69, 9.17) is 9.47 Å². The van der Waals surface area contributed by atoms with Crippen LogP contribution >= 0.6 is 0 Å². The molecule has 0 atom stereocenters. The molecule has 0 radical (unpaired) electrons. The lowest BCUT2D eigenvalue weighted by Gasteiger charge is -2.17. The Hall–Kier alpha value is -4.08. The number of tetrazole rings is 1. The van der Waals surface area contributed by atoms with Crippen molar-refractivity contribution in [2.75, 3.05) is 7.11 Å². The molecule has 1 heterocycles. The van der Waals surface area contributed by atoms with Gasteiger partial charge < -0.3 is 9.47 Å². The van der Waals surface area contributed by atoms with Crippen molar-refractivity contribution in [3.63, 3.8) is 0 Å². The van der Waals surface area contributed by atoms with Crippen LogP contribution in [0.4, 0.5) is 13.2 Å². The molecular weight excluding hydrogens is 449 g/mol. The molecule has 0 saturated carbocycles. The van der Waals surface area contributed by atoms with Crippen molar-refractivity contribution in [3.8, 4) is 28.3 Å². The predicted molar refractivity (Wildman–Crippen MR) is 119 cm³/mol. The summed E-state index contributed by atoms with van der Waals surface area (Å²) in [4.78, 5) is 12.3. The molecule has 0 bridgehead atoms. The lowest BCUT2D eigenvalue weighted by atomic mass is 9.99. The normalized spacial score (nSPS) is 11.5. The predicted octanol–water partition coefficient (Wildman–Crippen LogP) is 4.55. The van der Waals surface area contributed by atoms with Crippen molar-refractivity contribution in [2.45, 2.75) is 19.7 Å². The van der Waals surface area contributed by atoms with Gasteiger partial charge in [-0.1, -0.05) is 30.3 Å². The molecule has 4 rings (SSSR count). The molecule has 0 fully saturated rings. The van der Waals surface area contributed by atoms with Gasteiger partial charge in [0, 0.05) is 12.6 Å². The second-order valence-electron chi connectivity index (χ2n) is 7.59. The van der Waals surface area contributed by atoms with Crippen LogP contribution in [0.5, 0.6) is 11.5 Å². The Labute approximate surface area is 193 Å². The van der Waals surface area contributed by atoms with Crippen LogP contribution in [0.3, 0.4) is 0 Å². The minimum atomic E-state index is -4.59. The van der Waals surface area contributed by atoms with E-state index in [1.54, 1.807) is 36.4 Å². The van der Waals surface area contributed by atoms with Crippen molar-refractivity contribution in [1.82, 2.24) is 19.8 Å². The van der Waals surface area contributed by atoms with Gasteiger partial charge in [-0.2, -0.15) is 22.5 Å². The number of halogens is 3. The fourth-order valence-electron chi connectivity index (χ4n) is 3.56. The summed E-state index contributed by atoms with van der Waals surface area (Å²) >= 11 is 0. The van der Waals surface area contributed by atoms with E-state index in [-0.39, 0.29) is 17.9 Å². The molecule has 34 heavy (non-hydrogen) atoms. The Kier molecular flexibility index (Phi) is 6.14. The quantitative estimate of drug-likeness (QED) is 0.414. The molecule has 0 aliphatic heterocycles. The summed E-state index contributed by atoms with van der Waals surface area (Å²) in [6.07, 6.45) is -4.59. The molecule has 176 valence electrons. The maximum Gasteiger partial charge on any atom is 0.417 e. The van der Waals surface area contributed by atoms with Gasteiger partial charge in [-0.3, -0.25) is 0 Å². The smallest absolute Gasteiger partial charge is 0.417 e. The van der Waals surface area contributed by atoms with Crippen LogP contribution < -0.4 is 15.2 Å². The number of hydrogen-bond donors (Lipinski definition) is 0. The van der Waals surface area contributed by atoms with E-state index in [1.807, 2.05) is 13.0 Å². The number of nitrogens with zero attached hydrogens (tertiary/aromatic N) is 4. The van der Waals surface area contributed by atoms with Crippen LogP contribution in [0, 0.1) is 6.92 Å². The van der Waals surface area contributed by atoms with Gasteiger partial charge in [0.15, 0.2) is 0 Å². The summed E-state index contributed by atoms with van der Waals surface area (Å²) in [6, 6.07) is 15.4. The topological polar surface area (TPSA) is 71.2 Å². The summed E-state index contributed by atoms with van der Waals surface area (Å²) in [5.41, 5.74) is 1.02. The Morgan fingerprint density at radius 2 is 1.68 bits per heavy atom. The number of aromatic nitrogens is 4. The summed E-state index contributed by atoms with van der Waals surface area (Å²) in [5.74, 6) is 0.596. The van der Waals surface area contributed by atoms with E-state index >= 15 is 0 Å². The molecule has 7 nitrogen and oxygen atoms in total. The number of hydrogen-bond acceptors (Lipinski definition) is 5. The molecule has 0 aliphatic rings. The van der Waals surface area contributed by atoms with Crippen LogP contribution in [0.1, 0.15) is 16.7 Å². The van der Waals surface area contributed by atoms with Crippen LogP contribution in [0.15, 0.2) is 65.5 Å². The minimum absolute atomic E-state index is 0.0326. The maximum atomic E-state index is 13.9. The van der Waals surface area contributed by atoms with Crippen molar-refractivity contribution >= 4 is 0 Å². The first-order valence-electron chi connectivity index (χ1n) is 10.3. The zero-order chi connectivity index (χ0) is 24.5. The van der Waals surface area contributed by atoms with E-state index in [0.717, 1.165) is 21.0 Å². The number of methoxy groups -OCH3 is 1. The number of ether oxygens (including phenoxy) is 2. The first kappa shape index (κ1) is 23.1. The molecule has 4 aromatic rings. The second kappa shape index (κ2) is 9.05. The monoisotopic (exact) mass is 470 g/mol. The summed E-state index contributed by atoms with van der Waals surface area (Å²) < 4.78 is 54.7. The van der Waals surface area contributed by atoms with Crippen LogP contribution in [-0.4, -0.2) is 26.9 Å². The van der Waals surface area contributed by atoms with Crippen LogP contribution in [0.25, 0.3) is 16.8 Å². The van der Waals surface area contributed by atoms with E-state index in [1.165, 1.54) is 26.3 Å². The lowest BCUT2D eigenvalue weighted by molar-refractivity contribution is -0.137. The summed E-state index contributed by atoms with van der Waals surface area (Å²) in [7, 11) is 2.96. The van der Waals surface area contributed by atoms with Crippen LogP contribution in [-0.2, 0) is 19.8 Å². The van der Waals surface area contributed by atoms with Gasteiger partial charge in [0.05, 0.1) is 18.4 Å². The lowest BCUT2D eigenvalue weighted by Crippen LogP contribution is -2.23. The second-order valence-corrected chi connectivity index (χ2v) is 7.59. The zero-order valence-corrected chi connectivity index (χ0v) is 18.6. The molecule has 1 aromatic heterocycles. The number of benzene rings is 3. The van der Waals surface area contributed by atoms with Crippen molar-refractivity contribution in [1.29, 1.82) is 0 Å².